The van der Waals surface area contributed by atoms with Crippen molar-refractivity contribution in [2.45, 2.75) is 61.8 Å². The number of benzene rings is 1. The van der Waals surface area contributed by atoms with E-state index >= 15 is 0 Å². The third-order valence-electron chi connectivity index (χ3n) is 7.62. The molecule has 0 bridgehead atoms. The monoisotopic (exact) mass is 502 g/mol. The fraction of sp³-hybridized carbons (Fsp3) is 0.565. The normalized spacial score (nSPS) is 25.1. The predicted molar refractivity (Wildman–Crippen MR) is 128 cm³/mol. The van der Waals surface area contributed by atoms with Gasteiger partial charge < -0.3 is 19.9 Å². The van der Waals surface area contributed by atoms with Crippen molar-refractivity contribution in [2.75, 3.05) is 32.1 Å². The first-order valence-electron chi connectivity index (χ1n) is 12.0. The number of ether oxygens (including phenoxy) is 2. The molecule has 4 N–H and O–H groups in total. The number of fused-ring (bicyclic) bond motifs is 3. The molecule has 11 nitrogen and oxygen atoms in total. The number of aromatic nitrogens is 2. The zero-order valence-electron chi connectivity index (χ0n) is 19.6. The van der Waals surface area contributed by atoms with Crippen LogP contribution in [0.1, 0.15) is 41.2 Å². The number of aliphatic hydroxyl groups is 1. The first-order chi connectivity index (χ1) is 16.8. The van der Waals surface area contributed by atoms with E-state index in [4.69, 9.17) is 14.6 Å². The van der Waals surface area contributed by atoms with Crippen LogP contribution in [0.4, 0.5) is 10.5 Å². The second kappa shape index (κ2) is 8.56. The molecule has 1 saturated heterocycles. The molecule has 3 heterocycles. The van der Waals surface area contributed by atoms with Crippen LogP contribution < -0.4 is 15.2 Å². The number of nitrogens with zero attached hydrogens (tertiary/aromatic N) is 4. The first kappa shape index (κ1) is 22.9. The van der Waals surface area contributed by atoms with E-state index in [2.05, 4.69) is 25.7 Å². The van der Waals surface area contributed by atoms with Crippen LogP contribution in [0.3, 0.4) is 0 Å². The summed E-state index contributed by atoms with van der Waals surface area (Å²) in [5.41, 5.74) is 4.70. The largest absolute Gasteiger partial charge is 0.475 e. The summed E-state index contributed by atoms with van der Waals surface area (Å²) in [6.07, 6.45) is 5.13. The smallest absolute Gasteiger partial charge is 0.354 e. The highest BCUT2D eigenvalue weighted by Crippen LogP contribution is 2.42. The molecule has 35 heavy (non-hydrogen) atoms. The summed E-state index contributed by atoms with van der Waals surface area (Å²) >= 11 is 0. The second-order valence-corrected chi connectivity index (χ2v) is 11.5. The van der Waals surface area contributed by atoms with Gasteiger partial charge in [0.25, 0.3) is 0 Å². The van der Waals surface area contributed by atoms with E-state index in [1.54, 1.807) is 11.8 Å². The maximum atomic E-state index is 13.4. The van der Waals surface area contributed by atoms with E-state index in [1.807, 2.05) is 0 Å². The van der Waals surface area contributed by atoms with Gasteiger partial charge in [0.2, 0.25) is 5.88 Å². The number of anilines is 1. The van der Waals surface area contributed by atoms with Crippen molar-refractivity contribution in [3.8, 4) is 5.88 Å². The van der Waals surface area contributed by atoms with Crippen LogP contribution in [-0.4, -0.2) is 69.0 Å². The number of rotatable bonds is 4. The molecule has 6 rings (SSSR count). The molecule has 2 aliphatic heterocycles. The fourth-order valence-corrected chi connectivity index (χ4v) is 6.67. The van der Waals surface area contributed by atoms with Crippen molar-refractivity contribution in [1.29, 1.82) is 0 Å². The number of nitrogens with one attached hydrogen (secondary N) is 1. The molecule has 4 aliphatic rings. The number of hydrogen-bond acceptors (Lipinski definition) is 7. The number of carbonyl (C=O) groups is 1. The van der Waals surface area contributed by atoms with Crippen LogP contribution in [-0.2, 0) is 40.5 Å². The number of aryl methyl sites for hydroxylation is 1. The van der Waals surface area contributed by atoms with Crippen molar-refractivity contribution < 1.29 is 23.6 Å². The van der Waals surface area contributed by atoms with Gasteiger partial charge in [0.15, 0.2) is 9.92 Å². The van der Waals surface area contributed by atoms with E-state index < -0.39 is 22.1 Å². The lowest BCUT2D eigenvalue weighted by molar-refractivity contribution is -0.0687. The predicted octanol–water partition coefficient (Wildman–Crippen LogP) is 1.38. The van der Waals surface area contributed by atoms with E-state index in [0.717, 1.165) is 54.6 Å². The molecule has 0 radical (unpaired) electrons. The third-order valence-corrected chi connectivity index (χ3v) is 8.96. The molecule has 2 aliphatic carbocycles. The summed E-state index contributed by atoms with van der Waals surface area (Å²) in [6.45, 7) is 2.64. The van der Waals surface area contributed by atoms with Gasteiger partial charge in [-0.2, -0.15) is 5.10 Å². The Bertz CT molecular complexity index is 1310. The highest BCUT2D eigenvalue weighted by molar-refractivity contribution is 7.91. The van der Waals surface area contributed by atoms with Gasteiger partial charge >= 0.3 is 6.03 Å². The molecular formula is C23H30N6O5S. The molecule has 3 atom stereocenters. The van der Waals surface area contributed by atoms with Crippen LogP contribution in [0.2, 0.25) is 0 Å². The highest BCUT2D eigenvalue weighted by atomic mass is 32.2. The lowest BCUT2D eigenvalue weighted by atomic mass is 9.98. The Morgan fingerprint density at radius 1 is 1.31 bits per heavy atom. The number of urea groups is 1. The van der Waals surface area contributed by atoms with Crippen molar-refractivity contribution in [2.24, 2.45) is 9.50 Å². The Hall–Kier alpha value is -2.51. The Morgan fingerprint density at radius 2 is 2.14 bits per heavy atom. The number of amides is 2. The Balaban J connectivity index is 1.23. The van der Waals surface area contributed by atoms with Crippen molar-refractivity contribution in [1.82, 2.24) is 14.7 Å². The van der Waals surface area contributed by atoms with Crippen LogP contribution in [0.25, 0.3) is 0 Å². The Labute approximate surface area is 203 Å². The molecule has 188 valence electrons. The highest BCUT2D eigenvalue weighted by Gasteiger charge is 2.37. The average Bonchev–Trinajstić information content (AvgIpc) is 3.51. The number of nitrogens with two attached hydrogens (primary N) is 1. The molecule has 3 unspecified atom stereocenters. The number of methoxy groups -OCH3 is 1. The minimum absolute atomic E-state index is 0.114. The molecule has 2 aromatic rings. The van der Waals surface area contributed by atoms with Crippen LogP contribution in [0.15, 0.2) is 21.5 Å². The van der Waals surface area contributed by atoms with E-state index in [0.29, 0.717) is 37.6 Å². The van der Waals surface area contributed by atoms with Gasteiger partial charge in [0.05, 0.1) is 31.0 Å². The lowest BCUT2D eigenvalue weighted by Crippen LogP contribution is -2.59. The van der Waals surface area contributed by atoms with Gasteiger partial charge in [-0.25, -0.2) is 18.8 Å². The molecule has 1 aromatic heterocycles. The molecule has 0 spiro atoms. The Morgan fingerprint density at radius 3 is 2.94 bits per heavy atom. The third kappa shape index (κ3) is 3.93. The number of hydrogen-bond donors (Lipinski definition) is 3. The van der Waals surface area contributed by atoms with Gasteiger partial charge in [0.1, 0.15) is 11.5 Å². The summed E-state index contributed by atoms with van der Waals surface area (Å²) in [5.74, 6) is 0.290. The van der Waals surface area contributed by atoms with Crippen LogP contribution in [0.5, 0.6) is 5.88 Å². The average molecular weight is 503 g/mol. The van der Waals surface area contributed by atoms with Gasteiger partial charge in [-0.15, -0.1) is 4.36 Å². The second-order valence-electron chi connectivity index (χ2n) is 9.73. The first-order valence-corrected chi connectivity index (χ1v) is 13.6. The quantitative estimate of drug-likeness (QED) is 0.573. The van der Waals surface area contributed by atoms with Crippen molar-refractivity contribution >= 4 is 21.6 Å². The zero-order valence-corrected chi connectivity index (χ0v) is 20.4. The van der Waals surface area contributed by atoms with E-state index in [1.165, 1.54) is 6.20 Å². The number of carbonyl (C=O) groups excluding carboxylic acids is 1. The van der Waals surface area contributed by atoms with Crippen LogP contribution in [0, 0.1) is 0 Å². The number of aliphatic hydroxyl groups excluding tert-OH is 1. The molecule has 0 saturated carbocycles. The number of likely N-dealkylation sites (tertiary alicyclic amines) is 1. The van der Waals surface area contributed by atoms with Crippen molar-refractivity contribution in [3.63, 3.8) is 0 Å². The lowest BCUT2D eigenvalue weighted by Gasteiger charge is -2.44. The zero-order chi connectivity index (χ0) is 24.3. The maximum absolute atomic E-state index is 13.4. The topological polar surface area (TPSA) is 144 Å². The van der Waals surface area contributed by atoms with Gasteiger partial charge in [-0.1, -0.05) is 6.07 Å². The van der Waals surface area contributed by atoms with Gasteiger partial charge in [0, 0.05) is 25.9 Å². The minimum atomic E-state index is -3.59. The van der Waals surface area contributed by atoms with E-state index in [9.17, 15) is 14.1 Å². The minimum Gasteiger partial charge on any atom is -0.475 e. The molecule has 12 heteroatoms. The summed E-state index contributed by atoms with van der Waals surface area (Å²) in [6, 6.07) is 1.42. The Kier molecular flexibility index (Phi) is 5.60. The van der Waals surface area contributed by atoms with E-state index in [-0.39, 0.29) is 17.0 Å². The van der Waals surface area contributed by atoms with Gasteiger partial charge in [-0.05, 0) is 54.4 Å². The summed E-state index contributed by atoms with van der Waals surface area (Å²) in [7, 11) is -1.88. The summed E-state index contributed by atoms with van der Waals surface area (Å²) in [5, 5.41) is 23.6. The maximum Gasteiger partial charge on any atom is 0.354 e. The summed E-state index contributed by atoms with van der Waals surface area (Å²) in [4.78, 5) is 15.3. The fourth-order valence-electron chi connectivity index (χ4n) is 5.67. The molecule has 1 aromatic carbocycles. The molecular weight excluding hydrogens is 472 g/mol. The van der Waals surface area contributed by atoms with Crippen LogP contribution >= 0.6 is 0 Å². The van der Waals surface area contributed by atoms with Crippen molar-refractivity contribution in [3.05, 3.63) is 34.5 Å². The molecule has 1 fully saturated rings. The summed E-state index contributed by atoms with van der Waals surface area (Å²) < 4.78 is 30.1. The standard InChI is InChI=1S/C23H30N6O5S/c1-33-15-10-28(11-15)14-9-29-22(34-12-14)20(8-25-29)35(24,32)27-23(31)26-21-16-4-2-3-13(16)7-18-17(21)5-6-19(18)30/h7-8,14-15,19,30H,2-6,9-12H2,1H3,(H3,24,26,27,31,32). The van der Waals surface area contributed by atoms with Gasteiger partial charge in [-0.3, -0.25) is 4.90 Å². The molecule has 2 amide bonds. The SMILES string of the molecule is COC1CN(C2COc3c(S(N)(=O)=NC(=O)Nc4c5c(cc6c4CCC6O)CCC5)cnn3C2)C1.